The summed E-state index contributed by atoms with van der Waals surface area (Å²) in [7, 11) is -2.46. The molecular formula is C44H74N6O6Si2. The lowest BCUT2D eigenvalue weighted by Crippen LogP contribution is -2.49. The van der Waals surface area contributed by atoms with Gasteiger partial charge in [0.15, 0.2) is 0 Å². The second-order valence-electron chi connectivity index (χ2n) is 21.2. The van der Waals surface area contributed by atoms with E-state index >= 15 is 0 Å². The van der Waals surface area contributed by atoms with Gasteiger partial charge in [0.25, 0.3) is 11.8 Å². The van der Waals surface area contributed by atoms with Crippen molar-refractivity contribution in [1.29, 1.82) is 0 Å². The molecule has 324 valence electrons. The summed E-state index contributed by atoms with van der Waals surface area (Å²) >= 11 is 0. The van der Waals surface area contributed by atoms with Crippen molar-refractivity contribution in [3.8, 4) is 0 Å². The molecule has 0 bridgehead atoms. The third-order valence-corrected chi connectivity index (χ3v) is 16.2. The molecule has 0 radical (unpaired) electrons. The van der Waals surface area contributed by atoms with Gasteiger partial charge < -0.3 is 33.1 Å². The van der Waals surface area contributed by atoms with Crippen molar-refractivity contribution in [2.75, 3.05) is 45.9 Å². The van der Waals surface area contributed by atoms with E-state index in [9.17, 15) is 14.4 Å². The molecule has 4 aliphatic rings. The zero-order chi connectivity index (χ0) is 41.9. The third kappa shape index (κ3) is 11.7. The highest BCUT2D eigenvalue weighted by atomic mass is 28.3. The zero-order valence-electron chi connectivity index (χ0n) is 37.4. The Hall–Kier alpha value is -2.95. The van der Waals surface area contributed by atoms with E-state index in [1.165, 1.54) is 12.8 Å². The average molecular weight is 839 g/mol. The fourth-order valence-electron chi connectivity index (χ4n) is 9.09. The molecule has 2 aromatic heterocycles. The van der Waals surface area contributed by atoms with Crippen molar-refractivity contribution in [2.24, 2.45) is 5.41 Å². The molecule has 1 aliphatic carbocycles. The van der Waals surface area contributed by atoms with Crippen LogP contribution < -0.4 is 0 Å². The summed E-state index contributed by atoms with van der Waals surface area (Å²) in [5.74, 6) is 1.47. The van der Waals surface area contributed by atoms with Gasteiger partial charge >= 0.3 is 6.09 Å². The molecule has 1 saturated carbocycles. The molecule has 3 amide bonds. The van der Waals surface area contributed by atoms with E-state index < -0.39 is 21.7 Å². The predicted molar refractivity (Wildman–Crippen MR) is 234 cm³/mol. The van der Waals surface area contributed by atoms with Crippen LogP contribution in [0.2, 0.25) is 51.4 Å². The van der Waals surface area contributed by atoms with Gasteiger partial charge in [-0.05, 0) is 95.7 Å². The number of rotatable bonds is 14. The van der Waals surface area contributed by atoms with E-state index in [1.54, 1.807) is 0 Å². The number of carbonyl (C=O) groups excluding carboxylic acids is 3. The molecule has 6 rings (SSSR count). The summed E-state index contributed by atoms with van der Waals surface area (Å²) < 4.78 is 22.3. The van der Waals surface area contributed by atoms with Crippen molar-refractivity contribution in [2.45, 2.75) is 167 Å². The van der Waals surface area contributed by atoms with Crippen LogP contribution in [-0.2, 0) is 27.7 Å². The highest BCUT2D eigenvalue weighted by Gasteiger charge is 2.41. The molecule has 1 atom stereocenters. The molecule has 0 unspecified atom stereocenters. The van der Waals surface area contributed by atoms with Gasteiger partial charge in [-0.25, -0.2) is 9.78 Å². The number of likely N-dealkylation sites (tertiary alicyclic amines) is 3. The fourth-order valence-corrected chi connectivity index (χ4v) is 10.6. The Kier molecular flexibility index (Phi) is 14.1. The Morgan fingerprint density at radius 2 is 1.29 bits per heavy atom. The lowest BCUT2D eigenvalue weighted by molar-refractivity contribution is 0.0207. The van der Waals surface area contributed by atoms with Gasteiger partial charge in [0.1, 0.15) is 30.6 Å². The van der Waals surface area contributed by atoms with Crippen molar-refractivity contribution >= 4 is 34.1 Å². The monoisotopic (exact) mass is 839 g/mol. The molecule has 4 fully saturated rings. The zero-order valence-corrected chi connectivity index (χ0v) is 39.4. The van der Waals surface area contributed by atoms with E-state index in [0.29, 0.717) is 70.0 Å². The van der Waals surface area contributed by atoms with E-state index in [4.69, 9.17) is 19.2 Å². The van der Waals surface area contributed by atoms with Crippen LogP contribution >= 0.6 is 0 Å². The van der Waals surface area contributed by atoms with E-state index in [-0.39, 0.29) is 29.4 Å². The minimum atomic E-state index is -1.27. The smallest absolute Gasteiger partial charge is 0.410 e. The molecule has 3 saturated heterocycles. The maximum Gasteiger partial charge on any atom is 0.410 e. The van der Waals surface area contributed by atoms with Crippen molar-refractivity contribution in [3.05, 3.63) is 41.2 Å². The summed E-state index contributed by atoms with van der Waals surface area (Å²) in [5, 5.41) is 0. The standard InChI is InChI=1S/C44H74N6O6Si2/c1-43(2,3)56-42(53)50-20-12-15-37(50)38-29-35(30-48(38)32-54-25-27-57(4,5)6)40(51)46-21-16-44(17-22-46)18-23-47(24-19-44)41(52)36-31-49(33-55-26-28-58(7,8)9)39(45-36)34-13-10-11-14-34/h29-31,34,37H,10-28,32-33H2,1-9H3/t37-/m1/s1. The Bertz CT molecular complexity index is 1710. The molecule has 1 spiro atoms. The van der Waals surface area contributed by atoms with Crippen LogP contribution in [0.15, 0.2) is 18.5 Å². The molecule has 0 N–H and O–H groups in total. The van der Waals surface area contributed by atoms with Crippen LogP contribution in [-0.4, -0.2) is 114 Å². The van der Waals surface area contributed by atoms with Gasteiger partial charge in [-0.1, -0.05) is 52.1 Å². The van der Waals surface area contributed by atoms with E-state index in [0.717, 1.165) is 81.6 Å². The molecule has 5 heterocycles. The molecule has 12 nitrogen and oxygen atoms in total. The van der Waals surface area contributed by atoms with Gasteiger partial charge in [0.05, 0.1) is 11.6 Å². The summed E-state index contributed by atoms with van der Waals surface area (Å²) in [4.78, 5) is 52.2. The number of hydrogen-bond acceptors (Lipinski definition) is 7. The lowest BCUT2D eigenvalue weighted by atomic mass is 9.71. The van der Waals surface area contributed by atoms with Crippen LogP contribution in [0.1, 0.15) is 129 Å². The Morgan fingerprint density at radius 1 is 0.741 bits per heavy atom. The molecule has 58 heavy (non-hydrogen) atoms. The molecule has 3 aliphatic heterocycles. The number of aromatic nitrogens is 3. The number of hydrogen-bond donors (Lipinski definition) is 0. The number of ether oxygens (including phenoxy) is 3. The maximum absolute atomic E-state index is 14.2. The molecule has 2 aromatic rings. The van der Waals surface area contributed by atoms with Crippen molar-refractivity contribution in [3.63, 3.8) is 0 Å². The quantitative estimate of drug-likeness (QED) is 0.138. The van der Waals surface area contributed by atoms with Gasteiger partial charge in [-0.3, -0.25) is 14.5 Å². The summed E-state index contributed by atoms with van der Waals surface area (Å²) in [6, 6.07) is 3.99. The second-order valence-corrected chi connectivity index (χ2v) is 32.4. The van der Waals surface area contributed by atoms with Crippen LogP contribution in [0.25, 0.3) is 0 Å². The summed E-state index contributed by atoms with van der Waals surface area (Å²) in [6.45, 7) is 25.4. The van der Waals surface area contributed by atoms with Gasteiger partial charge in [-0.2, -0.15) is 0 Å². The third-order valence-electron chi connectivity index (χ3n) is 12.8. The second kappa shape index (κ2) is 18.4. The fraction of sp³-hybridized carbons (Fsp3) is 0.773. The Balaban J connectivity index is 1.07. The maximum atomic E-state index is 14.2. The SMILES string of the molecule is CC(C)(C)OC(=O)N1CCC[C@@H]1c1cc(C(=O)N2CCC3(CC2)CCN(C(=O)c2cn(COCC[Si](C)(C)C)c(C4CCCC4)n2)CC3)cn1COCC[Si](C)(C)C. The topological polar surface area (TPSA) is 111 Å². The number of amides is 3. The van der Waals surface area contributed by atoms with Crippen LogP contribution in [0.4, 0.5) is 4.79 Å². The Morgan fingerprint density at radius 3 is 1.84 bits per heavy atom. The summed E-state index contributed by atoms with van der Waals surface area (Å²) in [6.07, 6.45) is 13.7. The van der Waals surface area contributed by atoms with Crippen LogP contribution in [0.3, 0.4) is 0 Å². The van der Waals surface area contributed by atoms with Crippen LogP contribution in [0.5, 0.6) is 0 Å². The first-order valence-corrected chi connectivity index (χ1v) is 29.7. The first-order valence-electron chi connectivity index (χ1n) is 22.3. The van der Waals surface area contributed by atoms with Crippen LogP contribution in [0, 0.1) is 5.41 Å². The van der Waals surface area contributed by atoms with Crippen molar-refractivity contribution < 1.29 is 28.6 Å². The molecule has 0 aromatic carbocycles. The number of nitrogens with zero attached hydrogens (tertiary/aromatic N) is 6. The van der Waals surface area contributed by atoms with E-state index in [2.05, 4.69) is 43.8 Å². The normalized spacial score (nSPS) is 20.7. The van der Waals surface area contributed by atoms with Gasteiger partial charge in [0.2, 0.25) is 0 Å². The average Bonchev–Trinajstić information content (AvgIpc) is 3.97. The summed E-state index contributed by atoms with van der Waals surface area (Å²) in [5.41, 5.74) is 1.67. The number of piperidine rings is 2. The Labute approximate surface area is 350 Å². The number of imidazole rings is 1. The number of carbonyl (C=O) groups is 3. The largest absolute Gasteiger partial charge is 0.444 e. The van der Waals surface area contributed by atoms with Gasteiger partial charge in [0, 0.05) is 86.1 Å². The minimum Gasteiger partial charge on any atom is -0.444 e. The highest BCUT2D eigenvalue weighted by Crippen LogP contribution is 2.42. The lowest BCUT2D eigenvalue weighted by Gasteiger charge is -2.46. The first-order chi connectivity index (χ1) is 27.3. The minimum absolute atomic E-state index is 0.0276. The molecule has 14 heteroatoms. The van der Waals surface area contributed by atoms with E-state index in [1.807, 2.05) is 58.5 Å². The molecular weight excluding hydrogens is 765 g/mol. The predicted octanol–water partition coefficient (Wildman–Crippen LogP) is 9.20. The first kappa shape index (κ1) is 44.6. The van der Waals surface area contributed by atoms with Gasteiger partial charge in [-0.15, -0.1) is 0 Å². The highest BCUT2D eigenvalue weighted by molar-refractivity contribution is 6.76. The van der Waals surface area contributed by atoms with Crippen molar-refractivity contribution in [1.82, 2.24) is 28.8 Å².